The van der Waals surface area contributed by atoms with E-state index in [2.05, 4.69) is 49.2 Å². The molecule has 1 N–H and O–H groups in total. The van der Waals surface area contributed by atoms with Gasteiger partial charge in [0.2, 0.25) is 5.88 Å². The number of hydrogen-bond donors (Lipinski definition) is 1. The largest absolute Gasteiger partial charge is 0.506 e. The van der Waals surface area contributed by atoms with Gasteiger partial charge in [-0.25, -0.2) is 4.98 Å². The van der Waals surface area contributed by atoms with E-state index in [1.165, 1.54) is 11.1 Å². The number of thioether (sulfide) groups is 1. The van der Waals surface area contributed by atoms with Crippen LogP contribution in [0.4, 0.5) is 0 Å². The zero-order valence-electron chi connectivity index (χ0n) is 18.5. The average molecular weight is 453 g/mol. The molecule has 0 radical (unpaired) electrons. The minimum Gasteiger partial charge on any atom is -0.506 e. The number of benzene rings is 3. The summed E-state index contributed by atoms with van der Waals surface area (Å²) in [6, 6.07) is 26.1. The van der Waals surface area contributed by atoms with Crippen LogP contribution in [0.3, 0.4) is 0 Å². The SMILES string of the molecule is CC(C)[C@@]12Cc3ccccc3[C@@H]1N=C(c1cccc(Oc3ccc4cccc(O)c4n3)c1)S2. The number of aromatic hydroxyl groups is 1. The molecule has 164 valence electrons. The van der Waals surface area contributed by atoms with Gasteiger partial charge in [0.05, 0.1) is 15.8 Å². The van der Waals surface area contributed by atoms with E-state index in [0.29, 0.717) is 23.1 Å². The maximum Gasteiger partial charge on any atom is 0.219 e. The quantitative estimate of drug-likeness (QED) is 0.365. The summed E-state index contributed by atoms with van der Waals surface area (Å²) in [5, 5.41) is 12.1. The summed E-state index contributed by atoms with van der Waals surface area (Å²) in [5.41, 5.74) is 4.38. The van der Waals surface area contributed by atoms with Crippen molar-refractivity contribution in [1.29, 1.82) is 0 Å². The Balaban J connectivity index is 1.32. The molecular weight excluding hydrogens is 428 g/mol. The van der Waals surface area contributed by atoms with Gasteiger partial charge in [0.25, 0.3) is 0 Å². The number of phenols is 1. The first-order chi connectivity index (χ1) is 16.0. The van der Waals surface area contributed by atoms with Crippen molar-refractivity contribution in [2.24, 2.45) is 10.9 Å². The van der Waals surface area contributed by atoms with E-state index in [1.807, 2.05) is 48.2 Å². The molecule has 6 rings (SSSR count). The Hall–Kier alpha value is -3.31. The Morgan fingerprint density at radius 3 is 2.73 bits per heavy atom. The fraction of sp³-hybridized carbons (Fsp3) is 0.214. The standard InChI is InChI=1S/C28H24N2O2S/c1-17(2)28-16-20-7-3-4-11-22(20)26(28)30-27(33-28)19-9-5-10-21(15-19)32-24-14-13-18-8-6-12-23(31)25(18)29-24/h3-15,17,26,31H,16H2,1-2H3/t26-,28-/m0/s1. The molecule has 0 bridgehead atoms. The highest BCUT2D eigenvalue weighted by atomic mass is 32.2. The van der Waals surface area contributed by atoms with Gasteiger partial charge in [0, 0.05) is 17.0 Å². The summed E-state index contributed by atoms with van der Waals surface area (Å²) in [5.74, 6) is 1.80. The molecule has 0 saturated carbocycles. The van der Waals surface area contributed by atoms with Crippen LogP contribution in [0.15, 0.2) is 83.9 Å². The van der Waals surface area contributed by atoms with Crippen LogP contribution in [0.5, 0.6) is 17.4 Å². The molecule has 0 amide bonds. The molecule has 4 nitrogen and oxygen atoms in total. The fourth-order valence-electron chi connectivity index (χ4n) is 4.97. The Bertz CT molecular complexity index is 1410. The van der Waals surface area contributed by atoms with Gasteiger partial charge >= 0.3 is 0 Å². The average Bonchev–Trinajstić information content (AvgIpc) is 3.35. The molecule has 1 aromatic heterocycles. The van der Waals surface area contributed by atoms with Crippen LogP contribution in [0.25, 0.3) is 10.9 Å². The zero-order valence-corrected chi connectivity index (χ0v) is 19.3. The maximum atomic E-state index is 10.1. The number of ether oxygens (including phenoxy) is 1. The second-order valence-corrected chi connectivity index (χ2v) is 10.4. The number of phenolic OH excluding ortho intramolecular Hbond substituents is 1. The topological polar surface area (TPSA) is 54.7 Å². The van der Waals surface area contributed by atoms with Crippen LogP contribution in [-0.4, -0.2) is 19.9 Å². The summed E-state index contributed by atoms with van der Waals surface area (Å²) in [6.45, 7) is 4.62. The van der Waals surface area contributed by atoms with Crippen molar-refractivity contribution < 1.29 is 9.84 Å². The Morgan fingerprint density at radius 2 is 1.85 bits per heavy atom. The second kappa shape index (κ2) is 7.63. The van der Waals surface area contributed by atoms with Crippen LogP contribution < -0.4 is 4.74 Å². The van der Waals surface area contributed by atoms with E-state index in [9.17, 15) is 5.11 Å². The fourth-order valence-corrected chi connectivity index (χ4v) is 6.49. The molecule has 1 aliphatic heterocycles. The van der Waals surface area contributed by atoms with E-state index in [1.54, 1.807) is 12.1 Å². The number of nitrogens with zero attached hydrogens (tertiary/aromatic N) is 2. The minimum atomic E-state index is 0.0628. The zero-order chi connectivity index (χ0) is 22.6. The number of para-hydroxylation sites is 1. The molecule has 1 aliphatic carbocycles. The van der Waals surface area contributed by atoms with Gasteiger partial charge in [0.15, 0.2) is 0 Å². The summed E-state index contributed by atoms with van der Waals surface area (Å²) < 4.78 is 6.14. The van der Waals surface area contributed by atoms with Crippen molar-refractivity contribution in [3.63, 3.8) is 0 Å². The lowest BCUT2D eigenvalue weighted by atomic mass is 9.88. The smallest absolute Gasteiger partial charge is 0.219 e. The van der Waals surface area contributed by atoms with E-state index in [-0.39, 0.29) is 16.5 Å². The van der Waals surface area contributed by atoms with Crippen molar-refractivity contribution >= 4 is 27.7 Å². The molecule has 5 heteroatoms. The molecule has 33 heavy (non-hydrogen) atoms. The first-order valence-electron chi connectivity index (χ1n) is 11.3. The van der Waals surface area contributed by atoms with E-state index >= 15 is 0 Å². The van der Waals surface area contributed by atoms with Gasteiger partial charge < -0.3 is 9.84 Å². The van der Waals surface area contributed by atoms with Crippen LogP contribution in [0.2, 0.25) is 0 Å². The van der Waals surface area contributed by atoms with Crippen LogP contribution in [0.1, 0.15) is 36.6 Å². The van der Waals surface area contributed by atoms with Crippen LogP contribution in [0, 0.1) is 5.92 Å². The number of hydrogen-bond acceptors (Lipinski definition) is 5. The normalized spacial score (nSPS) is 21.2. The van der Waals surface area contributed by atoms with Gasteiger partial charge in [-0.3, -0.25) is 4.99 Å². The van der Waals surface area contributed by atoms with Gasteiger partial charge in [0.1, 0.15) is 17.0 Å². The van der Waals surface area contributed by atoms with E-state index in [4.69, 9.17) is 9.73 Å². The lowest BCUT2D eigenvalue weighted by Gasteiger charge is -2.32. The van der Waals surface area contributed by atoms with E-state index < -0.39 is 0 Å². The molecule has 0 saturated heterocycles. The molecule has 0 fully saturated rings. The number of aromatic nitrogens is 1. The first-order valence-corrected chi connectivity index (χ1v) is 12.1. The third-order valence-electron chi connectivity index (χ3n) is 6.77. The monoisotopic (exact) mass is 452 g/mol. The second-order valence-electron chi connectivity index (χ2n) is 9.05. The van der Waals surface area contributed by atoms with Gasteiger partial charge in [-0.05, 0) is 47.7 Å². The summed E-state index contributed by atoms with van der Waals surface area (Å²) >= 11 is 1.91. The molecule has 0 spiro atoms. The molecule has 4 aromatic rings. The van der Waals surface area contributed by atoms with Gasteiger partial charge in [-0.2, -0.15) is 0 Å². The summed E-state index contributed by atoms with van der Waals surface area (Å²) in [7, 11) is 0. The number of fused-ring (bicyclic) bond motifs is 4. The Kier molecular flexibility index (Phi) is 4.70. The third kappa shape index (κ3) is 3.30. The van der Waals surface area contributed by atoms with Crippen molar-refractivity contribution in [3.05, 3.63) is 95.6 Å². The van der Waals surface area contributed by atoms with Gasteiger partial charge in [-0.1, -0.05) is 74.1 Å². The van der Waals surface area contributed by atoms with Crippen molar-refractivity contribution in [3.8, 4) is 17.4 Å². The highest BCUT2D eigenvalue weighted by molar-refractivity contribution is 8.16. The summed E-state index contributed by atoms with van der Waals surface area (Å²) in [6.07, 6.45) is 1.05. The van der Waals surface area contributed by atoms with Crippen LogP contribution in [-0.2, 0) is 6.42 Å². The van der Waals surface area contributed by atoms with Crippen molar-refractivity contribution in [1.82, 2.24) is 4.98 Å². The van der Waals surface area contributed by atoms with Crippen molar-refractivity contribution in [2.45, 2.75) is 31.1 Å². The lowest BCUT2D eigenvalue weighted by molar-refractivity contribution is 0.403. The molecular formula is C28H24N2O2S. The predicted octanol–water partition coefficient (Wildman–Crippen LogP) is 6.92. The number of rotatable bonds is 4. The molecule has 0 unspecified atom stereocenters. The first kappa shape index (κ1) is 20.3. The predicted molar refractivity (Wildman–Crippen MR) is 135 cm³/mol. The Labute approximate surface area is 197 Å². The minimum absolute atomic E-state index is 0.0628. The molecule has 2 aliphatic rings. The maximum absolute atomic E-state index is 10.1. The number of pyridine rings is 1. The Morgan fingerprint density at radius 1 is 1.00 bits per heavy atom. The highest BCUT2D eigenvalue weighted by Gasteiger charge is 2.53. The molecule has 3 aromatic carbocycles. The van der Waals surface area contributed by atoms with E-state index in [0.717, 1.165) is 22.4 Å². The number of aliphatic imine (C=N–C) groups is 1. The third-order valence-corrected chi connectivity index (χ3v) is 8.52. The molecule has 2 atom stereocenters. The van der Waals surface area contributed by atoms with Crippen molar-refractivity contribution in [2.75, 3.05) is 0 Å². The molecule has 2 heterocycles. The lowest BCUT2D eigenvalue weighted by Crippen LogP contribution is -2.33. The highest BCUT2D eigenvalue weighted by Crippen LogP contribution is 2.59. The summed E-state index contributed by atoms with van der Waals surface area (Å²) in [4.78, 5) is 9.73. The van der Waals surface area contributed by atoms with Gasteiger partial charge in [-0.15, -0.1) is 0 Å². The van der Waals surface area contributed by atoms with Crippen LogP contribution >= 0.6 is 11.8 Å².